The van der Waals surface area contributed by atoms with Gasteiger partial charge in [-0.25, -0.2) is 9.67 Å². The summed E-state index contributed by atoms with van der Waals surface area (Å²) in [4.78, 5) is 18.4. The Balaban J connectivity index is 1.97. The van der Waals surface area contributed by atoms with Crippen LogP contribution >= 0.6 is 27.3 Å². The maximum absolute atomic E-state index is 12.2. The molecule has 0 aliphatic rings. The minimum atomic E-state index is -0.115. The predicted molar refractivity (Wildman–Crippen MR) is 89.1 cm³/mol. The van der Waals surface area contributed by atoms with E-state index < -0.39 is 0 Å². The number of hydrogen-bond donors (Lipinski definition) is 1. The summed E-state index contributed by atoms with van der Waals surface area (Å²) in [6.07, 6.45) is 4.31. The van der Waals surface area contributed by atoms with Gasteiger partial charge in [0.2, 0.25) is 0 Å². The Morgan fingerprint density at radius 2 is 2.29 bits per heavy atom. The fourth-order valence-corrected chi connectivity index (χ4v) is 2.79. The molecule has 114 valence electrons. The summed E-state index contributed by atoms with van der Waals surface area (Å²) in [6.45, 7) is 2.06. The molecule has 8 heteroatoms. The van der Waals surface area contributed by atoms with Crippen LogP contribution < -0.4 is 10.9 Å². The van der Waals surface area contributed by atoms with Gasteiger partial charge >= 0.3 is 0 Å². The highest BCUT2D eigenvalue weighted by atomic mass is 79.9. The highest BCUT2D eigenvalue weighted by Gasteiger charge is 2.08. The number of hydrogen-bond acceptors (Lipinski definition) is 6. The molecule has 0 bridgehead atoms. The number of aromatic nitrogens is 3. The number of thiazole rings is 1. The molecule has 6 nitrogen and oxygen atoms in total. The lowest BCUT2D eigenvalue weighted by Crippen LogP contribution is -2.29. The van der Waals surface area contributed by atoms with E-state index in [1.54, 1.807) is 23.7 Å². The van der Waals surface area contributed by atoms with E-state index in [4.69, 9.17) is 0 Å². The largest absolute Gasteiger partial charge is 0.382 e. The van der Waals surface area contributed by atoms with Gasteiger partial charge in [-0.2, -0.15) is 5.10 Å². The van der Waals surface area contributed by atoms with E-state index in [1.807, 2.05) is 24.4 Å². The van der Waals surface area contributed by atoms with Crippen LogP contribution in [-0.4, -0.2) is 46.8 Å². The highest BCUT2D eigenvalue weighted by molar-refractivity contribution is 9.10. The predicted octanol–water partition coefficient (Wildman–Crippen LogP) is 1.68. The summed E-state index contributed by atoms with van der Waals surface area (Å²) in [5, 5.41) is 10.4. The van der Waals surface area contributed by atoms with Crippen LogP contribution in [0.3, 0.4) is 0 Å². The molecule has 2 heterocycles. The molecule has 0 spiro atoms. The molecule has 0 unspecified atom stereocenters. The van der Waals surface area contributed by atoms with Crippen LogP contribution in [0, 0.1) is 0 Å². The average Bonchev–Trinajstić information content (AvgIpc) is 2.95. The van der Waals surface area contributed by atoms with Crippen molar-refractivity contribution in [2.24, 2.45) is 0 Å². The zero-order chi connectivity index (χ0) is 15.2. The lowest BCUT2D eigenvalue weighted by molar-refractivity contribution is 0.367. The molecule has 0 aromatic carbocycles. The molecule has 0 atom stereocenters. The lowest BCUT2D eigenvalue weighted by Gasteiger charge is -2.12. The lowest BCUT2D eigenvalue weighted by atomic mass is 10.4. The second-order valence-corrected chi connectivity index (χ2v) is 6.58. The van der Waals surface area contributed by atoms with Gasteiger partial charge in [-0.05, 0) is 30.0 Å². The van der Waals surface area contributed by atoms with Gasteiger partial charge in [0.15, 0.2) is 0 Å². The molecule has 0 aliphatic carbocycles. The fourth-order valence-electron chi connectivity index (χ4n) is 1.72. The summed E-state index contributed by atoms with van der Waals surface area (Å²) in [7, 11) is 3.93. The second kappa shape index (κ2) is 7.67. The Bertz CT molecular complexity index is 626. The van der Waals surface area contributed by atoms with Gasteiger partial charge in [-0.1, -0.05) is 0 Å². The minimum absolute atomic E-state index is 0.115. The number of nitrogens with zero attached hydrogens (tertiary/aromatic N) is 4. The first-order valence-electron chi connectivity index (χ1n) is 6.60. The maximum Gasteiger partial charge on any atom is 0.283 e. The van der Waals surface area contributed by atoms with E-state index in [-0.39, 0.29) is 5.56 Å². The van der Waals surface area contributed by atoms with Crippen molar-refractivity contribution in [2.75, 3.05) is 32.5 Å². The van der Waals surface area contributed by atoms with Crippen LogP contribution in [-0.2, 0) is 13.0 Å². The normalized spacial score (nSPS) is 11.0. The summed E-state index contributed by atoms with van der Waals surface area (Å²) in [6, 6.07) is 0. The Kier molecular flexibility index (Phi) is 5.89. The van der Waals surface area contributed by atoms with Crippen LogP contribution in [0.1, 0.15) is 5.01 Å². The van der Waals surface area contributed by atoms with Crippen molar-refractivity contribution >= 4 is 33.0 Å². The number of nitrogens with one attached hydrogen (secondary N) is 1. The van der Waals surface area contributed by atoms with Crippen molar-refractivity contribution in [3.63, 3.8) is 0 Å². The maximum atomic E-state index is 12.2. The zero-order valence-corrected chi connectivity index (χ0v) is 14.4. The van der Waals surface area contributed by atoms with Crippen molar-refractivity contribution in [1.82, 2.24) is 19.7 Å². The molecule has 21 heavy (non-hydrogen) atoms. The number of rotatable bonds is 7. The quantitative estimate of drug-likeness (QED) is 0.801. The van der Waals surface area contributed by atoms with E-state index in [2.05, 4.69) is 31.3 Å². The summed E-state index contributed by atoms with van der Waals surface area (Å²) >= 11 is 4.98. The Labute approximate surface area is 135 Å². The van der Waals surface area contributed by atoms with Crippen LogP contribution in [0.25, 0.3) is 0 Å². The molecule has 0 aliphatic heterocycles. The second-order valence-electron chi connectivity index (χ2n) is 4.81. The molecule has 2 rings (SSSR count). The Morgan fingerprint density at radius 3 is 2.95 bits per heavy atom. The molecule has 2 aromatic rings. The van der Waals surface area contributed by atoms with Gasteiger partial charge in [0.05, 0.1) is 23.4 Å². The van der Waals surface area contributed by atoms with Crippen molar-refractivity contribution < 1.29 is 0 Å². The van der Waals surface area contributed by atoms with E-state index >= 15 is 0 Å². The highest BCUT2D eigenvalue weighted by Crippen LogP contribution is 2.16. The molecule has 2 aromatic heterocycles. The van der Waals surface area contributed by atoms with Crippen molar-refractivity contribution in [3.8, 4) is 0 Å². The first kappa shape index (κ1) is 16.1. The van der Waals surface area contributed by atoms with E-state index in [9.17, 15) is 4.79 Å². The van der Waals surface area contributed by atoms with Gasteiger partial charge in [-0.3, -0.25) is 4.79 Å². The monoisotopic (exact) mass is 371 g/mol. The Morgan fingerprint density at radius 1 is 1.48 bits per heavy atom. The number of halogens is 1. The van der Waals surface area contributed by atoms with Crippen molar-refractivity contribution in [1.29, 1.82) is 0 Å². The minimum Gasteiger partial charge on any atom is -0.382 e. The van der Waals surface area contributed by atoms with Gasteiger partial charge in [0, 0.05) is 31.1 Å². The molecule has 0 fully saturated rings. The first-order chi connectivity index (χ1) is 10.1. The van der Waals surface area contributed by atoms with Crippen LogP contribution in [0.5, 0.6) is 0 Å². The SMILES string of the molecule is CN(C)CCn1ncc(NCCc2nccs2)c(Br)c1=O. The van der Waals surface area contributed by atoms with Gasteiger partial charge in [0.1, 0.15) is 4.47 Å². The molecule has 0 radical (unpaired) electrons. The summed E-state index contributed by atoms with van der Waals surface area (Å²) in [5.41, 5.74) is 0.605. The zero-order valence-electron chi connectivity index (χ0n) is 12.0. The van der Waals surface area contributed by atoms with Gasteiger partial charge < -0.3 is 10.2 Å². The van der Waals surface area contributed by atoms with E-state index in [0.717, 1.165) is 30.2 Å². The topological polar surface area (TPSA) is 63.1 Å². The molecule has 0 saturated carbocycles. The summed E-state index contributed by atoms with van der Waals surface area (Å²) in [5.74, 6) is 0. The first-order valence-corrected chi connectivity index (χ1v) is 8.28. The van der Waals surface area contributed by atoms with Crippen LogP contribution in [0.4, 0.5) is 5.69 Å². The molecular weight excluding hydrogens is 354 g/mol. The average molecular weight is 372 g/mol. The standard InChI is InChI=1S/C13H18BrN5OS/c1-18(2)6-7-19-13(20)12(14)10(9-17-19)15-4-3-11-16-5-8-21-11/h5,8-9,15H,3-4,6-7H2,1-2H3. The fraction of sp³-hybridized carbons (Fsp3) is 0.462. The third kappa shape index (κ3) is 4.62. The number of likely N-dealkylation sites (N-methyl/N-ethyl adjacent to an activating group) is 1. The van der Waals surface area contributed by atoms with Crippen LogP contribution in [0.2, 0.25) is 0 Å². The van der Waals surface area contributed by atoms with Crippen molar-refractivity contribution in [2.45, 2.75) is 13.0 Å². The third-order valence-corrected chi connectivity index (χ3v) is 4.49. The van der Waals surface area contributed by atoms with E-state index in [0.29, 0.717) is 11.0 Å². The van der Waals surface area contributed by atoms with Gasteiger partial charge in [-0.15, -0.1) is 11.3 Å². The smallest absolute Gasteiger partial charge is 0.283 e. The number of anilines is 1. The molecule has 0 amide bonds. The third-order valence-electron chi connectivity index (χ3n) is 2.88. The molecule has 0 saturated heterocycles. The van der Waals surface area contributed by atoms with Crippen LogP contribution in [0.15, 0.2) is 27.0 Å². The van der Waals surface area contributed by atoms with E-state index in [1.165, 1.54) is 4.68 Å². The summed E-state index contributed by atoms with van der Waals surface area (Å²) < 4.78 is 1.99. The van der Waals surface area contributed by atoms with Gasteiger partial charge in [0.25, 0.3) is 5.56 Å². The Hall–Kier alpha value is -1.25. The molecular formula is C13H18BrN5OS. The molecule has 1 N–H and O–H groups in total. The van der Waals surface area contributed by atoms with Crippen molar-refractivity contribution in [3.05, 3.63) is 37.6 Å².